The highest BCUT2D eigenvalue weighted by Gasteiger charge is 2.36. The monoisotopic (exact) mass is 346 g/mol. The third kappa shape index (κ3) is 4.09. The maximum absolute atomic E-state index is 13.3. The Bertz CT molecular complexity index is 748. The Morgan fingerprint density at radius 3 is 2.28 bits per heavy atom. The molecule has 1 N–H and O–H groups in total. The van der Waals surface area contributed by atoms with Gasteiger partial charge < -0.3 is 5.32 Å². The van der Waals surface area contributed by atoms with E-state index < -0.39 is 23.4 Å². The molecule has 1 aromatic rings. The van der Waals surface area contributed by atoms with Crippen LogP contribution >= 0.6 is 0 Å². The Hall–Kier alpha value is -2.60. The van der Waals surface area contributed by atoms with Crippen LogP contribution in [0.25, 0.3) is 0 Å². The summed E-state index contributed by atoms with van der Waals surface area (Å²) in [7, 11) is 1.67. The molecule has 1 aliphatic heterocycles. The maximum atomic E-state index is 13.3. The quantitative estimate of drug-likeness (QED) is 0.772. The number of imide groups is 1. The summed E-state index contributed by atoms with van der Waals surface area (Å²) in [6.45, 7) is 5.43. The van der Waals surface area contributed by atoms with Crippen molar-refractivity contribution in [3.8, 4) is 0 Å². The number of allylic oxidation sites excluding steroid dienone is 1. The fourth-order valence-electron chi connectivity index (χ4n) is 2.80. The van der Waals surface area contributed by atoms with Gasteiger partial charge in [0, 0.05) is 18.7 Å². The third-order valence-electron chi connectivity index (χ3n) is 3.99. The second-order valence-electron chi connectivity index (χ2n) is 5.72. The van der Waals surface area contributed by atoms with E-state index in [2.05, 4.69) is 11.9 Å². The van der Waals surface area contributed by atoms with Crippen LogP contribution < -0.4 is 5.32 Å². The molecular formula is C19H20F2N2O2. The van der Waals surface area contributed by atoms with Gasteiger partial charge in [-0.3, -0.25) is 14.5 Å². The first-order valence-electron chi connectivity index (χ1n) is 7.89. The molecule has 0 aliphatic carbocycles. The molecular weight excluding hydrogens is 326 g/mol. The van der Waals surface area contributed by atoms with Gasteiger partial charge in [-0.25, -0.2) is 8.78 Å². The molecule has 1 aliphatic rings. The zero-order valence-corrected chi connectivity index (χ0v) is 14.2. The lowest BCUT2D eigenvalue weighted by Gasteiger charge is -2.23. The normalized spacial score (nSPS) is 16.2. The SMILES string of the molecule is C=CC1=C(/C=C\C)C(=O)N(CC(Cc2cc(F)cc(F)c2)NC)C1=O. The van der Waals surface area contributed by atoms with Gasteiger partial charge in [0.25, 0.3) is 11.8 Å². The van der Waals surface area contributed by atoms with Crippen molar-refractivity contribution in [2.24, 2.45) is 0 Å². The van der Waals surface area contributed by atoms with E-state index in [9.17, 15) is 18.4 Å². The zero-order chi connectivity index (χ0) is 18.6. The zero-order valence-electron chi connectivity index (χ0n) is 14.2. The van der Waals surface area contributed by atoms with E-state index in [1.165, 1.54) is 18.2 Å². The molecule has 1 aromatic carbocycles. The number of nitrogens with zero attached hydrogens (tertiary/aromatic N) is 1. The molecule has 6 heteroatoms. The number of rotatable bonds is 7. The number of carbonyl (C=O) groups excluding carboxylic acids is 2. The van der Waals surface area contributed by atoms with Gasteiger partial charge >= 0.3 is 0 Å². The topological polar surface area (TPSA) is 49.4 Å². The molecule has 2 rings (SSSR count). The molecule has 4 nitrogen and oxygen atoms in total. The second kappa shape index (κ2) is 7.98. The Labute approximate surface area is 145 Å². The van der Waals surface area contributed by atoms with Gasteiger partial charge in [-0.2, -0.15) is 0 Å². The van der Waals surface area contributed by atoms with Crippen molar-refractivity contribution in [1.82, 2.24) is 10.2 Å². The van der Waals surface area contributed by atoms with E-state index in [0.29, 0.717) is 11.1 Å². The molecule has 0 spiro atoms. The lowest BCUT2D eigenvalue weighted by Crippen LogP contribution is -2.44. The number of amides is 2. The average molecular weight is 346 g/mol. The average Bonchev–Trinajstić information content (AvgIpc) is 2.77. The van der Waals surface area contributed by atoms with Gasteiger partial charge in [0.15, 0.2) is 0 Å². The first-order chi connectivity index (χ1) is 11.9. The highest BCUT2D eigenvalue weighted by Crippen LogP contribution is 2.23. The summed E-state index contributed by atoms with van der Waals surface area (Å²) in [6, 6.07) is 2.93. The van der Waals surface area contributed by atoms with E-state index in [0.717, 1.165) is 11.0 Å². The summed E-state index contributed by atoms with van der Waals surface area (Å²) in [4.78, 5) is 26.1. The summed E-state index contributed by atoms with van der Waals surface area (Å²) in [5, 5.41) is 2.98. The van der Waals surface area contributed by atoms with Gasteiger partial charge in [0.1, 0.15) is 11.6 Å². The molecule has 0 aromatic heterocycles. The van der Waals surface area contributed by atoms with E-state index in [1.54, 1.807) is 26.1 Å². The molecule has 0 saturated heterocycles. The van der Waals surface area contributed by atoms with Crippen molar-refractivity contribution in [3.63, 3.8) is 0 Å². The number of hydrogen-bond acceptors (Lipinski definition) is 3. The second-order valence-corrected chi connectivity index (χ2v) is 5.72. The van der Waals surface area contributed by atoms with Crippen LogP contribution in [0.2, 0.25) is 0 Å². The van der Waals surface area contributed by atoms with Crippen molar-refractivity contribution >= 4 is 11.8 Å². The van der Waals surface area contributed by atoms with Crippen LogP contribution in [0, 0.1) is 11.6 Å². The van der Waals surface area contributed by atoms with Crippen LogP contribution in [0.1, 0.15) is 12.5 Å². The van der Waals surface area contributed by atoms with Gasteiger partial charge in [-0.15, -0.1) is 0 Å². The highest BCUT2D eigenvalue weighted by molar-refractivity contribution is 6.21. The molecule has 0 saturated carbocycles. The molecule has 1 heterocycles. The summed E-state index contributed by atoms with van der Waals surface area (Å²) in [5.74, 6) is -2.14. The molecule has 0 radical (unpaired) electrons. The molecule has 132 valence electrons. The summed E-state index contributed by atoms with van der Waals surface area (Å²) in [6.07, 6.45) is 4.89. The standard InChI is InChI=1S/C19H20F2N2O2/c1-4-6-17-16(5-2)18(24)23(19(17)25)11-15(22-3)9-12-7-13(20)10-14(21)8-12/h4-8,10,15,22H,2,9,11H2,1,3H3/b6-4-. The Morgan fingerprint density at radius 2 is 1.76 bits per heavy atom. The van der Waals surface area contributed by atoms with Crippen LogP contribution in [0.3, 0.4) is 0 Å². The van der Waals surface area contributed by atoms with Crippen molar-refractivity contribution in [2.45, 2.75) is 19.4 Å². The fraction of sp³-hybridized carbons (Fsp3) is 0.263. The first-order valence-corrected chi connectivity index (χ1v) is 7.89. The number of hydrogen-bond donors (Lipinski definition) is 1. The number of nitrogens with one attached hydrogen (secondary N) is 1. The summed E-state index contributed by atoms with van der Waals surface area (Å²) < 4.78 is 26.7. The Kier molecular flexibility index (Phi) is 5.98. The molecule has 25 heavy (non-hydrogen) atoms. The van der Waals surface area contributed by atoms with Crippen molar-refractivity contribution in [2.75, 3.05) is 13.6 Å². The van der Waals surface area contributed by atoms with Crippen molar-refractivity contribution in [1.29, 1.82) is 0 Å². The maximum Gasteiger partial charge on any atom is 0.261 e. The van der Waals surface area contributed by atoms with Crippen LogP contribution in [0.15, 0.2) is 54.2 Å². The summed E-state index contributed by atoms with van der Waals surface area (Å²) >= 11 is 0. The minimum Gasteiger partial charge on any atom is -0.315 e. The Balaban J connectivity index is 2.18. The smallest absolute Gasteiger partial charge is 0.261 e. The lowest BCUT2D eigenvalue weighted by molar-refractivity contribution is -0.137. The van der Waals surface area contributed by atoms with E-state index >= 15 is 0 Å². The predicted molar refractivity (Wildman–Crippen MR) is 91.7 cm³/mol. The van der Waals surface area contributed by atoms with Gasteiger partial charge in [-0.05, 0) is 38.1 Å². The van der Waals surface area contributed by atoms with Gasteiger partial charge in [0.2, 0.25) is 0 Å². The van der Waals surface area contributed by atoms with Crippen LogP contribution in [-0.2, 0) is 16.0 Å². The van der Waals surface area contributed by atoms with E-state index in [4.69, 9.17) is 0 Å². The minimum atomic E-state index is -0.663. The van der Waals surface area contributed by atoms with Crippen LogP contribution in [0.5, 0.6) is 0 Å². The molecule has 0 bridgehead atoms. The minimum absolute atomic E-state index is 0.0880. The predicted octanol–water partition coefficient (Wildman–Crippen LogP) is 2.52. The Morgan fingerprint density at radius 1 is 1.16 bits per heavy atom. The first kappa shape index (κ1) is 18.7. The summed E-state index contributed by atoms with van der Waals surface area (Å²) in [5.41, 5.74) is 1.01. The molecule has 1 unspecified atom stereocenters. The van der Waals surface area contributed by atoms with Gasteiger partial charge in [-0.1, -0.05) is 24.8 Å². The molecule has 0 fully saturated rings. The van der Waals surface area contributed by atoms with Gasteiger partial charge in [0.05, 0.1) is 11.1 Å². The van der Waals surface area contributed by atoms with Crippen LogP contribution in [-0.4, -0.2) is 36.3 Å². The largest absolute Gasteiger partial charge is 0.315 e. The number of carbonyl (C=O) groups is 2. The van der Waals surface area contributed by atoms with Crippen molar-refractivity contribution < 1.29 is 18.4 Å². The van der Waals surface area contributed by atoms with E-state index in [-0.39, 0.29) is 24.6 Å². The highest BCUT2D eigenvalue weighted by atomic mass is 19.1. The lowest BCUT2D eigenvalue weighted by atomic mass is 10.0. The number of likely N-dealkylation sites (N-methyl/N-ethyl adjacent to an activating group) is 1. The number of halogens is 2. The van der Waals surface area contributed by atoms with E-state index in [1.807, 2.05) is 0 Å². The number of benzene rings is 1. The van der Waals surface area contributed by atoms with Crippen LogP contribution in [0.4, 0.5) is 8.78 Å². The molecule has 2 amide bonds. The van der Waals surface area contributed by atoms with Crippen molar-refractivity contribution in [3.05, 3.63) is 71.4 Å². The fourth-order valence-corrected chi connectivity index (χ4v) is 2.80. The molecule has 1 atom stereocenters. The third-order valence-corrected chi connectivity index (χ3v) is 3.99.